The van der Waals surface area contributed by atoms with Gasteiger partial charge in [0.05, 0.1) is 12.0 Å². The quantitative estimate of drug-likeness (QED) is 0.561. The van der Waals surface area contributed by atoms with E-state index in [0.717, 1.165) is 11.6 Å². The Kier molecular flexibility index (Phi) is 5.14. The first kappa shape index (κ1) is 19.5. The number of carbonyl (C=O) groups is 1. The lowest BCUT2D eigenvalue weighted by Gasteiger charge is -2.12. The lowest BCUT2D eigenvalue weighted by atomic mass is 10.1. The Morgan fingerprint density at radius 1 is 1.29 bits per heavy atom. The van der Waals surface area contributed by atoms with Crippen molar-refractivity contribution in [2.75, 3.05) is 12.4 Å². The average Bonchev–Trinajstić information content (AvgIpc) is 3.07. The molecule has 0 aliphatic heterocycles. The predicted molar refractivity (Wildman–Crippen MR) is 97.8 cm³/mol. The zero-order chi connectivity index (χ0) is 20.5. The first-order valence-corrected chi connectivity index (χ1v) is 9.72. The van der Waals surface area contributed by atoms with E-state index in [-0.39, 0.29) is 11.8 Å². The van der Waals surface area contributed by atoms with Gasteiger partial charge in [0.2, 0.25) is 11.8 Å². The number of hydrogen-bond acceptors (Lipinski definition) is 8. The summed E-state index contributed by atoms with van der Waals surface area (Å²) in [6.07, 6.45) is 1.69. The van der Waals surface area contributed by atoms with Crippen LogP contribution in [0.2, 0.25) is 0 Å². The van der Waals surface area contributed by atoms with Crippen molar-refractivity contribution in [3.63, 3.8) is 0 Å². The van der Waals surface area contributed by atoms with Crippen LogP contribution < -0.4 is 14.8 Å². The number of anilines is 1. The Morgan fingerprint density at radius 3 is 2.71 bits per heavy atom. The molecule has 0 spiro atoms. The molecule has 2 amide bonds. The van der Waals surface area contributed by atoms with Gasteiger partial charge in [-0.15, -0.1) is 0 Å². The molecule has 2 N–H and O–H groups in total. The van der Waals surface area contributed by atoms with Crippen molar-refractivity contribution in [2.24, 2.45) is 0 Å². The molecule has 2 aromatic rings. The number of aromatic nitrogens is 2. The molecule has 0 bridgehead atoms. The van der Waals surface area contributed by atoms with Crippen molar-refractivity contribution in [2.45, 2.75) is 31.1 Å². The van der Waals surface area contributed by atoms with Crippen LogP contribution in [0.3, 0.4) is 0 Å². The van der Waals surface area contributed by atoms with E-state index in [1.54, 1.807) is 17.7 Å². The van der Waals surface area contributed by atoms with Gasteiger partial charge in [0.1, 0.15) is 0 Å². The van der Waals surface area contributed by atoms with Crippen LogP contribution in [0, 0.1) is 17.0 Å². The molecule has 0 atom stereocenters. The number of hydrogen-bond donors (Lipinski definition) is 2. The second-order valence-electron chi connectivity index (χ2n) is 6.10. The minimum Gasteiger partial charge on any atom is -0.481 e. The molecule has 0 saturated heterocycles. The Labute approximate surface area is 160 Å². The van der Waals surface area contributed by atoms with Crippen LogP contribution in [0.1, 0.15) is 23.2 Å². The summed E-state index contributed by atoms with van der Waals surface area (Å²) in [6.45, 7) is 1.64. The fraction of sp³-hybridized carbons (Fsp3) is 0.312. The molecular formula is C16H17N5O6S. The summed E-state index contributed by atoms with van der Waals surface area (Å²) in [5.41, 5.74) is 0.997. The van der Waals surface area contributed by atoms with Crippen LogP contribution >= 0.6 is 0 Å². The van der Waals surface area contributed by atoms with Crippen LogP contribution in [0.15, 0.2) is 23.1 Å². The highest BCUT2D eigenvalue weighted by Crippen LogP contribution is 2.35. The number of urea groups is 1. The van der Waals surface area contributed by atoms with Crippen molar-refractivity contribution >= 4 is 27.7 Å². The lowest BCUT2D eigenvalue weighted by Crippen LogP contribution is -2.35. The number of nitrogens with one attached hydrogen (secondary N) is 2. The number of rotatable bonds is 5. The first-order valence-electron chi connectivity index (χ1n) is 8.24. The van der Waals surface area contributed by atoms with Gasteiger partial charge in [-0.2, -0.15) is 4.98 Å². The Hall–Kier alpha value is -3.28. The Balaban J connectivity index is 1.91. The normalized spacial score (nSPS) is 12.9. The predicted octanol–water partition coefficient (Wildman–Crippen LogP) is 1.70. The zero-order valence-electron chi connectivity index (χ0n) is 15.1. The monoisotopic (exact) mass is 407 g/mol. The number of amides is 2. The Morgan fingerprint density at radius 2 is 2.04 bits per heavy atom. The number of nitrogens with zero attached hydrogens (tertiary/aromatic N) is 3. The highest BCUT2D eigenvalue weighted by atomic mass is 32.2. The SMILES string of the molecule is COc1cc(C)nc(NC(=O)NS(=O)(=O)c2c([N+](=O)[O-])ccc3c2CCC3)n1. The standard InChI is InChI=1S/C16H17N5O6S/c1-9-8-13(27-2)18-15(17-9)19-16(22)20-28(25,26)14-11-5-3-4-10(11)6-7-12(14)21(23)24/h6-8H,3-5H2,1-2H3,(H2,17,18,19,20,22). The van der Waals surface area contributed by atoms with Gasteiger partial charge in [-0.1, -0.05) is 6.07 Å². The maximum absolute atomic E-state index is 12.8. The van der Waals surface area contributed by atoms with Gasteiger partial charge in [-0.05, 0) is 37.3 Å². The summed E-state index contributed by atoms with van der Waals surface area (Å²) < 4.78 is 32.3. The number of benzene rings is 1. The Bertz CT molecular complexity index is 1070. The topological polar surface area (TPSA) is 153 Å². The minimum atomic E-state index is -4.50. The van der Waals surface area contributed by atoms with Gasteiger partial charge in [0, 0.05) is 17.8 Å². The van der Waals surface area contributed by atoms with Crippen molar-refractivity contribution in [1.82, 2.24) is 14.7 Å². The van der Waals surface area contributed by atoms with Gasteiger partial charge >= 0.3 is 6.03 Å². The third-order valence-electron chi connectivity index (χ3n) is 4.17. The van der Waals surface area contributed by atoms with E-state index in [0.29, 0.717) is 30.5 Å². The molecule has 0 radical (unpaired) electrons. The highest BCUT2D eigenvalue weighted by molar-refractivity contribution is 7.90. The van der Waals surface area contributed by atoms with E-state index in [4.69, 9.17) is 4.74 Å². The minimum absolute atomic E-state index is 0.169. The second-order valence-corrected chi connectivity index (χ2v) is 7.72. The van der Waals surface area contributed by atoms with Crippen molar-refractivity contribution in [1.29, 1.82) is 0 Å². The molecule has 148 valence electrons. The lowest BCUT2D eigenvalue weighted by molar-refractivity contribution is -0.387. The van der Waals surface area contributed by atoms with Crippen LogP contribution in [-0.4, -0.2) is 36.4 Å². The van der Waals surface area contributed by atoms with Crippen molar-refractivity contribution in [3.8, 4) is 5.88 Å². The molecular weight excluding hydrogens is 390 g/mol. The summed E-state index contributed by atoms with van der Waals surface area (Å²) in [5.74, 6) is 0.0134. The number of methoxy groups -OCH3 is 1. The van der Waals surface area contributed by atoms with Crippen molar-refractivity contribution < 1.29 is 22.9 Å². The molecule has 0 unspecified atom stereocenters. The highest BCUT2D eigenvalue weighted by Gasteiger charge is 2.34. The molecule has 28 heavy (non-hydrogen) atoms. The van der Waals surface area contributed by atoms with Crippen LogP contribution in [0.5, 0.6) is 5.88 Å². The number of carbonyl (C=O) groups excluding carboxylic acids is 1. The molecule has 0 saturated carbocycles. The van der Waals surface area contributed by atoms with Crippen LogP contribution in [0.25, 0.3) is 0 Å². The average molecular weight is 407 g/mol. The molecule has 1 aromatic carbocycles. The summed E-state index contributed by atoms with van der Waals surface area (Å²) in [5, 5.41) is 13.5. The first-order chi connectivity index (χ1) is 13.2. The van der Waals surface area contributed by atoms with Crippen molar-refractivity contribution in [3.05, 3.63) is 45.1 Å². The molecule has 1 aliphatic rings. The van der Waals surface area contributed by atoms with Gasteiger partial charge in [0.25, 0.3) is 15.7 Å². The molecule has 3 rings (SSSR count). The maximum Gasteiger partial charge on any atom is 0.335 e. The van der Waals surface area contributed by atoms with E-state index >= 15 is 0 Å². The number of fused-ring (bicyclic) bond motifs is 1. The second kappa shape index (κ2) is 7.38. The molecule has 1 aromatic heterocycles. The number of ether oxygens (including phenoxy) is 1. The zero-order valence-corrected chi connectivity index (χ0v) is 15.9. The van der Waals surface area contributed by atoms with E-state index in [2.05, 4.69) is 15.3 Å². The summed E-state index contributed by atoms with van der Waals surface area (Å²) in [6, 6.07) is 3.08. The molecule has 1 heterocycles. The maximum atomic E-state index is 12.8. The van der Waals surface area contributed by atoms with E-state index < -0.39 is 31.6 Å². The summed E-state index contributed by atoms with van der Waals surface area (Å²) in [4.78, 5) is 30.1. The van der Waals surface area contributed by atoms with Crippen LogP contribution in [0.4, 0.5) is 16.4 Å². The molecule has 0 fully saturated rings. The fourth-order valence-electron chi connectivity index (χ4n) is 3.06. The third-order valence-corrected chi connectivity index (χ3v) is 5.61. The number of nitro benzene ring substituents is 1. The van der Waals surface area contributed by atoms with Gasteiger partial charge in [0.15, 0.2) is 4.90 Å². The van der Waals surface area contributed by atoms with Crippen LogP contribution in [-0.2, 0) is 22.9 Å². The smallest absolute Gasteiger partial charge is 0.335 e. The molecule has 12 heteroatoms. The molecule has 1 aliphatic carbocycles. The molecule has 11 nitrogen and oxygen atoms in total. The summed E-state index contributed by atoms with van der Waals surface area (Å²) >= 11 is 0. The fourth-order valence-corrected chi connectivity index (χ4v) is 4.44. The van der Waals surface area contributed by atoms with Gasteiger partial charge in [-0.25, -0.2) is 22.9 Å². The number of aryl methyl sites for hydroxylation is 2. The van der Waals surface area contributed by atoms with E-state index in [1.807, 2.05) is 0 Å². The van der Waals surface area contributed by atoms with Gasteiger partial charge in [-0.3, -0.25) is 15.4 Å². The third kappa shape index (κ3) is 3.86. The summed E-state index contributed by atoms with van der Waals surface area (Å²) in [7, 11) is -3.12. The van der Waals surface area contributed by atoms with Gasteiger partial charge < -0.3 is 4.74 Å². The number of nitro groups is 1. The number of sulfonamides is 1. The largest absolute Gasteiger partial charge is 0.481 e. The van der Waals surface area contributed by atoms with E-state index in [1.165, 1.54) is 13.2 Å². The van der Waals surface area contributed by atoms with E-state index in [9.17, 15) is 23.3 Å².